The van der Waals surface area contributed by atoms with Crippen LogP contribution in [0.4, 0.5) is 0 Å². The van der Waals surface area contributed by atoms with Crippen LogP contribution in [0, 0.1) is 17.2 Å². The summed E-state index contributed by atoms with van der Waals surface area (Å²) in [5.74, 6) is -0.464. The maximum Gasteiger partial charge on any atom is 0.0983 e. The van der Waals surface area contributed by atoms with Gasteiger partial charge in [-0.2, -0.15) is 5.26 Å². The van der Waals surface area contributed by atoms with E-state index in [9.17, 15) is 5.11 Å². The smallest absolute Gasteiger partial charge is 0.0983 e. The summed E-state index contributed by atoms with van der Waals surface area (Å²) < 4.78 is 0. The molecule has 2 nitrogen and oxygen atoms in total. The Kier molecular flexibility index (Phi) is 7.62. The first-order chi connectivity index (χ1) is 9.29. The number of aliphatic hydroxyl groups is 1. The predicted molar refractivity (Wildman–Crippen MR) is 78.4 cm³/mol. The molecular weight excluding hydrogens is 234 g/mol. The van der Waals surface area contributed by atoms with Gasteiger partial charge in [-0.1, -0.05) is 68.7 Å². The van der Waals surface area contributed by atoms with E-state index >= 15 is 0 Å². The number of nitrogens with zero attached hydrogens (tertiary/aromatic N) is 1. The standard InChI is InChI=1S/C17H23NO/c1-2-3-4-5-6-8-13-16(14-18)17(19)15-11-9-7-10-12-15/h7-13,16-17,19H,2-6H2,1H3/b13-8+. The maximum absolute atomic E-state index is 10.1. The molecule has 2 unspecified atom stereocenters. The van der Waals surface area contributed by atoms with E-state index in [1.165, 1.54) is 19.3 Å². The number of nitriles is 1. The summed E-state index contributed by atoms with van der Waals surface area (Å²) in [7, 11) is 0. The van der Waals surface area contributed by atoms with Crippen molar-refractivity contribution in [1.29, 1.82) is 5.26 Å². The quantitative estimate of drug-likeness (QED) is 0.554. The summed E-state index contributed by atoms with van der Waals surface area (Å²) in [6.07, 6.45) is 9.00. The summed E-state index contributed by atoms with van der Waals surface area (Å²) in [5.41, 5.74) is 0.796. The van der Waals surface area contributed by atoms with Crippen LogP contribution >= 0.6 is 0 Å². The first-order valence-corrected chi connectivity index (χ1v) is 7.09. The van der Waals surface area contributed by atoms with Crippen molar-refractivity contribution in [3.63, 3.8) is 0 Å². The second-order valence-electron chi connectivity index (χ2n) is 4.79. The molecule has 0 saturated carbocycles. The van der Waals surface area contributed by atoms with E-state index in [1.807, 2.05) is 42.5 Å². The molecule has 0 fully saturated rings. The molecule has 0 aliphatic rings. The third-order valence-electron chi connectivity index (χ3n) is 3.20. The van der Waals surface area contributed by atoms with Gasteiger partial charge in [-0.3, -0.25) is 0 Å². The minimum atomic E-state index is -0.738. The van der Waals surface area contributed by atoms with Crippen molar-refractivity contribution >= 4 is 0 Å². The molecule has 102 valence electrons. The van der Waals surface area contributed by atoms with Gasteiger partial charge in [-0.15, -0.1) is 0 Å². The van der Waals surface area contributed by atoms with E-state index in [0.29, 0.717) is 0 Å². The SMILES string of the molecule is CCCCCC/C=C/C(C#N)C(O)c1ccccc1. The Morgan fingerprint density at radius 2 is 1.95 bits per heavy atom. The van der Waals surface area contributed by atoms with Gasteiger partial charge in [0.1, 0.15) is 0 Å². The van der Waals surface area contributed by atoms with E-state index in [1.54, 1.807) is 0 Å². The topological polar surface area (TPSA) is 44.0 Å². The highest BCUT2D eigenvalue weighted by Crippen LogP contribution is 2.22. The number of hydrogen-bond acceptors (Lipinski definition) is 2. The summed E-state index contributed by atoms with van der Waals surface area (Å²) >= 11 is 0. The monoisotopic (exact) mass is 257 g/mol. The fraction of sp³-hybridized carbons (Fsp3) is 0.471. The van der Waals surface area contributed by atoms with Gasteiger partial charge in [0.05, 0.1) is 18.1 Å². The normalized spacial score (nSPS) is 14.2. The molecule has 2 atom stereocenters. The third kappa shape index (κ3) is 5.72. The molecule has 0 saturated heterocycles. The van der Waals surface area contributed by atoms with Gasteiger partial charge < -0.3 is 5.11 Å². The van der Waals surface area contributed by atoms with E-state index in [4.69, 9.17) is 5.26 Å². The molecule has 0 spiro atoms. The molecule has 0 aliphatic carbocycles. The largest absolute Gasteiger partial charge is 0.387 e. The van der Waals surface area contributed by atoms with E-state index in [-0.39, 0.29) is 0 Å². The van der Waals surface area contributed by atoms with Crippen LogP contribution in [0.3, 0.4) is 0 Å². The predicted octanol–water partition coefficient (Wildman–Crippen LogP) is 4.39. The Bertz CT molecular complexity index is 405. The number of allylic oxidation sites excluding steroid dienone is 1. The highest BCUT2D eigenvalue weighted by atomic mass is 16.3. The summed E-state index contributed by atoms with van der Waals surface area (Å²) in [6, 6.07) is 11.5. The van der Waals surface area contributed by atoms with Crippen molar-refractivity contribution in [1.82, 2.24) is 0 Å². The average Bonchev–Trinajstić information content (AvgIpc) is 2.47. The van der Waals surface area contributed by atoms with Crippen LogP contribution in [0.5, 0.6) is 0 Å². The highest BCUT2D eigenvalue weighted by molar-refractivity contribution is 5.21. The second kappa shape index (κ2) is 9.35. The van der Waals surface area contributed by atoms with Gasteiger partial charge in [0.15, 0.2) is 0 Å². The fourth-order valence-corrected chi connectivity index (χ4v) is 2.01. The minimum Gasteiger partial charge on any atom is -0.387 e. The summed E-state index contributed by atoms with van der Waals surface area (Å²) in [6.45, 7) is 2.19. The number of aliphatic hydroxyl groups excluding tert-OH is 1. The molecule has 0 aromatic heterocycles. The lowest BCUT2D eigenvalue weighted by Gasteiger charge is -2.13. The Hall–Kier alpha value is -1.59. The molecule has 0 aliphatic heterocycles. The van der Waals surface area contributed by atoms with Gasteiger partial charge >= 0.3 is 0 Å². The van der Waals surface area contributed by atoms with Gasteiger partial charge in [-0.25, -0.2) is 0 Å². The molecule has 0 heterocycles. The molecule has 1 aromatic rings. The third-order valence-corrected chi connectivity index (χ3v) is 3.20. The Morgan fingerprint density at radius 3 is 2.58 bits per heavy atom. The fourth-order valence-electron chi connectivity index (χ4n) is 2.01. The minimum absolute atomic E-state index is 0.464. The molecule has 0 bridgehead atoms. The molecule has 1 N–H and O–H groups in total. The van der Waals surface area contributed by atoms with Gasteiger partial charge in [0, 0.05) is 0 Å². The van der Waals surface area contributed by atoms with Crippen LogP contribution in [0.15, 0.2) is 42.5 Å². The lowest BCUT2D eigenvalue weighted by atomic mass is 9.96. The van der Waals surface area contributed by atoms with Gasteiger partial charge in [0.2, 0.25) is 0 Å². The molecule has 0 radical (unpaired) electrons. The summed E-state index contributed by atoms with van der Waals surface area (Å²) in [5, 5.41) is 19.3. The lowest BCUT2D eigenvalue weighted by Crippen LogP contribution is -2.08. The molecular formula is C17H23NO. The molecule has 2 heteroatoms. The molecule has 0 amide bonds. The first kappa shape index (κ1) is 15.5. The molecule has 1 rings (SSSR count). The van der Waals surface area contributed by atoms with Crippen LogP contribution in [-0.2, 0) is 0 Å². The van der Waals surface area contributed by atoms with Gasteiger partial charge in [0.25, 0.3) is 0 Å². The van der Waals surface area contributed by atoms with Gasteiger partial charge in [-0.05, 0) is 18.4 Å². The number of benzene rings is 1. The number of hydrogen-bond donors (Lipinski definition) is 1. The van der Waals surface area contributed by atoms with E-state index in [2.05, 4.69) is 13.0 Å². The van der Waals surface area contributed by atoms with Crippen molar-refractivity contribution < 1.29 is 5.11 Å². The Morgan fingerprint density at radius 1 is 1.21 bits per heavy atom. The van der Waals surface area contributed by atoms with Crippen molar-refractivity contribution in [2.75, 3.05) is 0 Å². The lowest BCUT2D eigenvalue weighted by molar-refractivity contribution is 0.154. The van der Waals surface area contributed by atoms with Crippen LogP contribution in [-0.4, -0.2) is 5.11 Å². The van der Waals surface area contributed by atoms with Crippen molar-refractivity contribution in [2.45, 2.75) is 45.1 Å². The van der Waals surface area contributed by atoms with Crippen molar-refractivity contribution in [3.8, 4) is 6.07 Å². The van der Waals surface area contributed by atoms with Crippen LogP contribution in [0.2, 0.25) is 0 Å². The number of rotatable bonds is 8. The van der Waals surface area contributed by atoms with Crippen molar-refractivity contribution in [2.24, 2.45) is 5.92 Å². The zero-order valence-corrected chi connectivity index (χ0v) is 11.6. The van der Waals surface area contributed by atoms with E-state index < -0.39 is 12.0 Å². The molecule has 1 aromatic carbocycles. The van der Waals surface area contributed by atoms with Crippen LogP contribution in [0.1, 0.15) is 50.7 Å². The first-order valence-electron chi connectivity index (χ1n) is 7.09. The van der Waals surface area contributed by atoms with E-state index in [0.717, 1.165) is 18.4 Å². The molecule has 19 heavy (non-hydrogen) atoms. The van der Waals surface area contributed by atoms with Crippen molar-refractivity contribution in [3.05, 3.63) is 48.0 Å². The summed E-state index contributed by atoms with van der Waals surface area (Å²) in [4.78, 5) is 0. The highest BCUT2D eigenvalue weighted by Gasteiger charge is 2.17. The maximum atomic E-state index is 10.1. The Balaban J connectivity index is 2.45. The number of unbranched alkanes of at least 4 members (excludes halogenated alkanes) is 4. The zero-order chi connectivity index (χ0) is 13.9. The Labute approximate surface area is 116 Å². The van der Waals surface area contributed by atoms with Crippen LogP contribution < -0.4 is 0 Å². The zero-order valence-electron chi connectivity index (χ0n) is 11.6. The average molecular weight is 257 g/mol. The second-order valence-corrected chi connectivity index (χ2v) is 4.79. The van der Waals surface area contributed by atoms with Crippen LogP contribution in [0.25, 0.3) is 0 Å².